The van der Waals surface area contributed by atoms with Crippen molar-refractivity contribution in [2.45, 2.75) is 6.10 Å². The van der Waals surface area contributed by atoms with Gasteiger partial charge in [-0.05, 0) is 12.1 Å². The minimum atomic E-state index is -0.621. The highest BCUT2D eigenvalue weighted by Crippen LogP contribution is 2.32. The van der Waals surface area contributed by atoms with Crippen LogP contribution in [0.25, 0.3) is 0 Å². The van der Waals surface area contributed by atoms with Gasteiger partial charge in [-0.2, -0.15) is 0 Å². The molecule has 0 aliphatic carbocycles. The van der Waals surface area contributed by atoms with Gasteiger partial charge in [0.25, 0.3) is 5.91 Å². The van der Waals surface area contributed by atoms with Crippen LogP contribution in [0.1, 0.15) is 0 Å². The Balaban J connectivity index is 2.29. The number of rotatable bonds is 3. The lowest BCUT2D eigenvalue weighted by Crippen LogP contribution is -2.50. The standard InChI is InChI=1S/C13H17N3O3/c1-15(2)13(18)11-7-16(8-12(14)17)9-5-3-4-6-10(9)19-11/h3-6,11H,7-8H2,1-2H3,(H2,14,17)/t11-/m1/s1. The summed E-state index contributed by atoms with van der Waals surface area (Å²) in [6.07, 6.45) is -0.621. The largest absolute Gasteiger partial charge is 0.477 e. The van der Waals surface area contributed by atoms with E-state index >= 15 is 0 Å². The molecule has 6 nitrogen and oxygen atoms in total. The molecular weight excluding hydrogens is 246 g/mol. The number of likely N-dealkylation sites (N-methyl/N-ethyl adjacent to an activating group) is 1. The zero-order valence-electron chi connectivity index (χ0n) is 11.0. The molecule has 2 rings (SSSR count). The maximum atomic E-state index is 12.0. The highest BCUT2D eigenvalue weighted by atomic mass is 16.5. The summed E-state index contributed by atoms with van der Waals surface area (Å²) in [4.78, 5) is 26.4. The molecule has 2 N–H and O–H groups in total. The summed E-state index contributed by atoms with van der Waals surface area (Å²) < 4.78 is 5.68. The summed E-state index contributed by atoms with van der Waals surface area (Å²) in [7, 11) is 3.34. The fourth-order valence-corrected chi connectivity index (χ4v) is 2.06. The Hall–Kier alpha value is -2.24. The third-order valence-electron chi connectivity index (χ3n) is 2.92. The van der Waals surface area contributed by atoms with Gasteiger partial charge in [-0.15, -0.1) is 0 Å². The van der Waals surface area contributed by atoms with Crippen molar-refractivity contribution >= 4 is 17.5 Å². The monoisotopic (exact) mass is 263 g/mol. The fourth-order valence-electron chi connectivity index (χ4n) is 2.06. The predicted octanol–water partition coefficient (Wildman–Crippen LogP) is -0.172. The highest BCUT2D eigenvalue weighted by Gasteiger charge is 2.31. The second kappa shape index (κ2) is 5.17. The van der Waals surface area contributed by atoms with Crippen LogP contribution < -0.4 is 15.4 Å². The second-order valence-electron chi connectivity index (χ2n) is 4.65. The number of primary amides is 1. The van der Waals surface area contributed by atoms with Gasteiger partial charge in [0.2, 0.25) is 5.91 Å². The molecule has 1 heterocycles. The number of anilines is 1. The summed E-state index contributed by atoms with van der Waals surface area (Å²) in [6, 6.07) is 7.29. The zero-order valence-corrected chi connectivity index (χ0v) is 11.0. The summed E-state index contributed by atoms with van der Waals surface area (Å²) in [6.45, 7) is 0.383. The molecule has 1 aromatic rings. The second-order valence-corrected chi connectivity index (χ2v) is 4.65. The van der Waals surface area contributed by atoms with Gasteiger partial charge in [0, 0.05) is 14.1 Å². The van der Waals surface area contributed by atoms with Crippen molar-refractivity contribution in [2.75, 3.05) is 32.1 Å². The lowest BCUT2D eigenvalue weighted by molar-refractivity contribution is -0.136. The van der Waals surface area contributed by atoms with Crippen LogP contribution >= 0.6 is 0 Å². The van der Waals surface area contributed by atoms with E-state index in [9.17, 15) is 9.59 Å². The van der Waals surface area contributed by atoms with Gasteiger partial charge in [0.1, 0.15) is 5.75 Å². The Labute approximate surface area is 111 Å². The number of ether oxygens (including phenoxy) is 1. The number of para-hydroxylation sites is 2. The Bertz CT molecular complexity index is 502. The minimum absolute atomic E-state index is 0.0670. The van der Waals surface area contributed by atoms with Gasteiger partial charge in [0.05, 0.1) is 18.8 Å². The van der Waals surface area contributed by atoms with Gasteiger partial charge in [-0.1, -0.05) is 12.1 Å². The molecule has 0 spiro atoms. The number of amides is 2. The maximum absolute atomic E-state index is 12.0. The van der Waals surface area contributed by atoms with E-state index in [1.54, 1.807) is 25.1 Å². The van der Waals surface area contributed by atoms with Crippen LogP contribution in [0.2, 0.25) is 0 Å². The van der Waals surface area contributed by atoms with Crippen molar-refractivity contribution in [3.8, 4) is 5.75 Å². The maximum Gasteiger partial charge on any atom is 0.265 e. The van der Waals surface area contributed by atoms with Crippen molar-refractivity contribution < 1.29 is 14.3 Å². The first-order chi connectivity index (χ1) is 8.99. The molecule has 6 heteroatoms. The molecule has 1 aliphatic heterocycles. The number of benzene rings is 1. The van der Waals surface area contributed by atoms with Gasteiger partial charge < -0.3 is 20.3 Å². The van der Waals surface area contributed by atoms with E-state index in [0.29, 0.717) is 12.3 Å². The average Bonchev–Trinajstić information content (AvgIpc) is 2.37. The molecule has 2 amide bonds. The first-order valence-corrected chi connectivity index (χ1v) is 5.99. The highest BCUT2D eigenvalue weighted by molar-refractivity contribution is 5.85. The van der Waals surface area contributed by atoms with Crippen LogP contribution in [0, 0.1) is 0 Å². The van der Waals surface area contributed by atoms with E-state index < -0.39 is 12.0 Å². The summed E-state index contributed by atoms with van der Waals surface area (Å²) in [5.41, 5.74) is 6.03. The van der Waals surface area contributed by atoms with Crippen LogP contribution in [0.3, 0.4) is 0 Å². The van der Waals surface area contributed by atoms with Crippen molar-refractivity contribution in [3.05, 3.63) is 24.3 Å². The summed E-state index contributed by atoms with van der Waals surface area (Å²) >= 11 is 0. The molecule has 1 aliphatic rings. The number of nitrogens with zero attached hydrogens (tertiary/aromatic N) is 2. The molecule has 0 unspecified atom stereocenters. The molecule has 0 bridgehead atoms. The van der Waals surface area contributed by atoms with Crippen LogP contribution in [-0.4, -0.2) is 50.0 Å². The number of carbonyl (C=O) groups excluding carboxylic acids is 2. The van der Waals surface area contributed by atoms with E-state index in [0.717, 1.165) is 5.69 Å². The molecule has 1 atom stereocenters. The van der Waals surface area contributed by atoms with Crippen molar-refractivity contribution in [3.63, 3.8) is 0 Å². The van der Waals surface area contributed by atoms with Gasteiger partial charge in [-0.25, -0.2) is 0 Å². The Kier molecular flexibility index (Phi) is 3.59. The molecule has 0 fully saturated rings. The molecule has 102 valence electrons. The average molecular weight is 263 g/mol. The lowest BCUT2D eigenvalue weighted by atomic mass is 10.1. The van der Waals surface area contributed by atoms with Crippen molar-refractivity contribution in [1.82, 2.24) is 4.90 Å². The SMILES string of the molecule is CN(C)C(=O)[C@H]1CN(CC(N)=O)c2ccccc2O1. The van der Waals surface area contributed by atoms with Gasteiger partial charge >= 0.3 is 0 Å². The van der Waals surface area contributed by atoms with Crippen LogP contribution in [0.15, 0.2) is 24.3 Å². The lowest BCUT2D eigenvalue weighted by Gasteiger charge is -2.35. The predicted molar refractivity (Wildman–Crippen MR) is 71.0 cm³/mol. The third kappa shape index (κ3) is 2.78. The van der Waals surface area contributed by atoms with Gasteiger partial charge in [0.15, 0.2) is 6.10 Å². The quantitative estimate of drug-likeness (QED) is 0.821. The molecule has 0 saturated heterocycles. The Morgan fingerprint density at radius 2 is 2.11 bits per heavy atom. The number of fused-ring (bicyclic) bond motifs is 1. The van der Waals surface area contributed by atoms with Crippen molar-refractivity contribution in [2.24, 2.45) is 5.73 Å². The molecule has 0 radical (unpaired) electrons. The first-order valence-electron chi connectivity index (χ1n) is 5.99. The summed E-state index contributed by atoms with van der Waals surface area (Å²) in [5.74, 6) is 0.0203. The number of carbonyl (C=O) groups is 2. The van der Waals surface area contributed by atoms with E-state index in [1.165, 1.54) is 4.90 Å². The molecule has 0 saturated carbocycles. The number of hydrogen-bond acceptors (Lipinski definition) is 4. The normalized spacial score (nSPS) is 17.4. The van der Waals surface area contributed by atoms with E-state index in [1.807, 2.05) is 18.2 Å². The fraction of sp³-hybridized carbons (Fsp3) is 0.385. The van der Waals surface area contributed by atoms with Gasteiger partial charge in [-0.3, -0.25) is 9.59 Å². The van der Waals surface area contributed by atoms with Crippen LogP contribution in [-0.2, 0) is 9.59 Å². The molecule has 0 aromatic heterocycles. The zero-order chi connectivity index (χ0) is 14.0. The van der Waals surface area contributed by atoms with E-state index in [2.05, 4.69) is 0 Å². The first kappa shape index (κ1) is 13.2. The minimum Gasteiger partial charge on any atom is -0.477 e. The van der Waals surface area contributed by atoms with Crippen LogP contribution in [0.5, 0.6) is 5.75 Å². The third-order valence-corrected chi connectivity index (χ3v) is 2.92. The van der Waals surface area contributed by atoms with Crippen molar-refractivity contribution in [1.29, 1.82) is 0 Å². The van der Waals surface area contributed by atoms with Crippen LogP contribution in [0.4, 0.5) is 5.69 Å². The number of hydrogen-bond donors (Lipinski definition) is 1. The molecule has 1 aromatic carbocycles. The van der Waals surface area contributed by atoms with E-state index in [-0.39, 0.29) is 12.5 Å². The smallest absolute Gasteiger partial charge is 0.265 e. The Morgan fingerprint density at radius 1 is 1.42 bits per heavy atom. The van der Waals surface area contributed by atoms with E-state index in [4.69, 9.17) is 10.5 Å². The topological polar surface area (TPSA) is 75.9 Å². The Morgan fingerprint density at radius 3 is 2.74 bits per heavy atom. The molecule has 19 heavy (non-hydrogen) atoms. The number of nitrogens with two attached hydrogens (primary N) is 1. The summed E-state index contributed by atoms with van der Waals surface area (Å²) in [5, 5.41) is 0. The molecular formula is C13H17N3O3.